The molecule has 0 amide bonds. The van der Waals surface area contributed by atoms with E-state index in [1.165, 1.54) is 22.9 Å². The molecule has 0 bridgehead atoms. The van der Waals surface area contributed by atoms with Gasteiger partial charge >= 0.3 is 0 Å². The Morgan fingerprint density at radius 2 is 2.08 bits per heavy atom. The lowest BCUT2D eigenvalue weighted by atomic mass is 10.1. The lowest BCUT2D eigenvalue weighted by molar-refractivity contribution is 0.750. The van der Waals surface area contributed by atoms with Crippen LogP contribution in [0.4, 0.5) is 11.8 Å². The monoisotopic (exact) mass is 323 g/mol. The number of para-hydroxylation sites is 1. The molecule has 3 rings (SSSR count). The molecule has 0 saturated carbocycles. The highest BCUT2D eigenvalue weighted by Gasteiger charge is 2.06. The summed E-state index contributed by atoms with van der Waals surface area (Å²) < 4.78 is 0. The standard InChI is InChI=1S/C19H25N5/c1-3-4-13-24(2)19-21-12-10-18(23-19)20-11-9-15-14-22-17-8-6-5-7-16(15)17/h5-8,10,12,14,22H,3-4,9,11,13H2,1-2H3,(H,20,21,23). The van der Waals surface area contributed by atoms with Crippen LogP contribution < -0.4 is 10.2 Å². The molecule has 3 aromatic rings. The fourth-order valence-corrected chi connectivity index (χ4v) is 2.79. The van der Waals surface area contributed by atoms with Gasteiger partial charge in [-0.1, -0.05) is 31.5 Å². The molecule has 5 heteroatoms. The smallest absolute Gasteiger partial charge is 0.226 e. The van der Waals surface area contributed by atoms with Crippen LogP contribution in [-0.2, 0) is 6.42 Å². The molecule has 0 spiro atoms. The molecule has 126 valence electrons. The zero-order valence-corrected chi connectivity index (χ0v) is 14.4. The van der Waals surface area contributed by atoms with E-state index >= 15 is 0 Å². The van der Waals surface area contributed by atoms with Gasteiger partial charge in [-0.2, -0.15) is 4.98 Å². The average Bonchev–Trinajstić information content (AvgIpc) is 3.03. The highest BCUT2D eigenvalue weighted by atomic mass is 15.2. The van der Waals surface area contributed by atoms with Gasteiger partial charge in [0.15, 0.2) is 0 Å². The Morgan fingerprint density at radius 3 is 2.96 bits per heavy atom. The van der Waals surface area contributed by atoms with Crippen LogP contribution in [0.3, 0.4) is 0 Å². The number of unbranched alkanes of at least 4 members (excludes halogenated alkanes) is 1. The van der Waals surface area contributed by atoms with Crippen molar-refractivity contribution in [3.63, 3.8) is 0 Å². The van der Waals surface area contributed by atoms with Gasteiger partial charge in [0, 0.05) is 43.4 Å². The first-order valence-electron chi connectivity index (χ1n) is 8.61. The van der Waals surface area contributed by atoms with Crippen LogP contribution >= 0.6 is 0 Å². The van der Waals surface area contributed by atoms with Crippen molar-refractivity contribution in [2.24, 2.45) is 0 Å². The Bertz CT molecular complexity index is 780. The molecule has 2 aromatic heterocycles. The molecule has 2 heterocycles. The van der Waals surface area contributed by atoms with Crippen molar-refractivity contribution in [1.29, 1.82) is 0 Å². The Labute approximate surface area is 143 Å². The van der Waals surface area contributed by atoms with E-state index in [1.54, 1.807) is 0 Å². The zero-order valence-electron chi connectivity index (χ0n) is 14.4. The average molecular weight is 323 g/mol. The van der Waals surface area contributed by atoms with Crippen LogP contribution in [-0.4, -0.2) is 35.1 Å². The minimum atomic E-state index is 0.778. The highest BCUT2D eigenvalue weighted by Crippen LogP contribution is 2.18. The number of H-pyrrole nitrogens is 1. The number of nitrogens with one attached hydrogen (secondary N) is 2. The van der Waals surface area contributed by atoms with Crippen LogP contribution in [0.2, 0.25) is 0 Å². The molecule has 0 aliphatic rings. The number of rotatable bonds is 8. The first kappa shape index (κ1) is 16.3. The quantitative estimate of drug-likeness (QED) is 0.661. The molecule has 0 saturated heterocycles. The van der Waals surface area contributed by atoms with Crippen LogP contribution in [0.25, 0.3) is 10.9 Å². The Morgan fingerprint density at radius 1 is 1.21 bits per heavy atom. The van der Waals surface area contributed by atoms with Gasteiger partial charge in [0.2, 0.25) is 5.95 Å². The van der Waals surface area contributed by atoms with Gasteiger partial charge < -0.3 is 15.2 Å². The Balaban J connectivity index is 1.58. The number of aromatic amines is 1. The van der Waals surface area contributed by atoms with Crippen molar-refractivity contribution >= 4 is 22.7 Å². The van der Waals surface area contributed by atoms with Gasteiger partial charge in [-0.15, -0.1) is 0 Å². The van der Waals surface area contributed by atoms with E-state index in [-0.39, 0.29) is 0 Å². The van der Waals surface area contributed by atoms with E-state index in [4.69, 9.17) is 0 Å². The van der Waals surface area contributed by atoms with Crippen LogP contribution in [0.5, 0.6) is 0 Å². The van der Waals surface area contributed by atoms with E-state index < -0.39 is 0 Å². The molecule has 0 aliphatic heterocycles. The van der Waals surface area contributed by atoms with Crippen molar-refractivity contribution in [3.8, 4) is 0 Å². The summed E-state index contributed by atoms with van der Waals surface area (Å²) in [4.78, 5) is 14.4. The Kier molecular flexibility index (Phi) is 5.31. The largest absolute Gasteiger partial charge is 0.370 e. The summed E-state index contributed by atoms with van der Waals surface area (Å²) in [6, 6.07) is 10.3. The second kappa shape index (κ2) is 7.81. The maximum Gasteiger partial charge on any atom is 0.226 e. The molecule has 1 aromatic carbocycles. The first-order valence-corrected chi connectivity index (χ1v) is 8.61. The van der Waals surface area contributed by atoms with Crippen molar-refractivity contribution in [1.82, 2.24) is 15.0 Å². The van der Waals surface area contributed by atoms with Crippen molar-refractivity contribution in [2.75, 3.05) is 30.4 Å². The van der Waals surface area contributed by atoms with Crippen molar-refractivity contribution in [2.45, 2.75) is 26.2 Å². The molecule has 5 nitrogen and oxygen atoms in total. The van der Waals surface area contributed by atoms with Crippen LogP contribution in [0.15, 0.2) is 42.7 Å². The molecule has 0 unspecified atom stereocenters. The maximum absolute atomic E-state index is 4.60. The zero-order chi connectivity index (χ0) is 16.8. The summed E-state index contributed by atoms with van der Waals surface area (Å²) in [6.07, 6.45) is 7.19. The fourth-order valence-electron chi connectivity index (χ4n) is 2.79. The van der Waals surface area contributed by atoms with Crippen LogP contribution in [0, 0.1) is 0 Å². The van der Waals surface area contributed by atoms with E-state index in [9.17, 15) is 0 Å². The molecule has 24 heavy (non-hydrogen) atoms. The fraction of sp³-hybridized carbons (Fsp3) is 0.368. The number of hydrogen-bond donors (Lipinski definition) is 2. The van der Waals surface area contributed by atoms with Crippen LogP contribution in [0.1, 0.15) is 25.3 Å². The van der Waals surface area contributed by atoms with Crippen molar-refractivity contribution in [3.05, 3.63) is 48.3 Å². The predicted octanol–water partition coefficient (Wildman–Crippen LogP) is 3.85. The summed E-state index contributed by atoms with van der Waals surface area (Å²) in [7, 11) is 2.04. The van der Waals surface area contributed by atoms with Gasteiger partial charge in [-0.3, -0.25) is 0 Å². The summed E-state index contributed by atoms with van der Waals surface area (Å²) in [5, 5.41) is 4.70. The number of fused-ring (bicyclic) bond motifs is 1. The van der Waals surface area contributed by atoms with E-state index in [1.807, 2.05) is 19.3 Å². The summed E-state index contributed by atoms with van der Waals surface area (Å²) >= 11 is 0. The molecule has 0 atom stereocenters. The normalized spacial score (nSPS) is 10.9. The number of nitrogens with zero attached hydrogens (tertiary/aromatic N) is 3. The minimum Gasteiger partial charge on any atom is -0.370 e. The highest BCUT2D eigenvalue weighted by molar-refractivity contribution is 5.83. The Hall–Kier alpha value is -2.56. The molecule has 0 radical (unpaired) electrons. The minimum absolute atomic E-state index is 0.778. The number of aromatic nitrogens is 3. The van der Waals surface area contributed by atoms with Gasteiger partial charge in [0.25, 0.3) is 0 Å². The summed E-state index contributed by atoms with van der Waals surface area (Å²) in [6.45, 7) is 4.02. The van der Waals surface area contributed by atoms with Gasteiger partial charge in [0.05, 0.1) is 0 Å². The van der Waals surface area contributed by atoms with Gasteiger partial charge in [0.1, 0.15) is 5.82 Å². The topological polar surface area (TPSA) is 56.8 Å². The number of hydrogen-bond acceptors (Lipinski definition) is 4. The van der Waals surface area contributed by atoms with Crippen molar-refractivity contribution < 1.29 is 0 Å². The third-order valence-electron chi connectivity index (χ3n) is 4.21. The van der Waals surface area contributed by atoms with Gasteiger partial charge in [-0.25, -0.2) is 4.98 Å². The van der Waals surface area contributed by atoms with E-state index in [0.29, 0.717) is 0 Å². The van der Waals surface area contributed by atoms with Gasteiger partial charge in [-0.05, 0) is 30.5 Å². The molecular weight excluding hydrogens is 298 g/mol. The molecular formula is C19H25N5. The van der Waals surface area contributed by atoms with E-state index in [2.05, 4.69) is 62.6 Å². The first-order chi connectivity index (χ1) is 11.8. The second-order valence-corrected chi connectivity index (χ2v) is 6.05. The van der Waals surface area contributed by atoms with E-state index in [0.717, 1.165) is 37.7 Å². The summed E-state index contributed by atoms with van der Waals surface area (Å²) in [5.74, 6) is 1.66. The molecule has 0 aliphatic carbocycles. The predicted molar refractivity (Wildman–Crippen MR) is 101 cm³/mol. The number of benzene rings is 1. The lowest BCUT2D eigenvalue weighted by Gasteiger charge is -2.17. The summed E-state index contributed by atoms with van der Waals surface area (Å²) in [5.41, 5.74) is 2.52. The molecule has 0 fully saturated rings. The second-order valence-electron chi connectivity index (χ2n) is 6.05. The third-order valence-corrected chi connectivity index (χ3v) is 4.21. The third kappa shape index (κ3) is 3.85. The lowest BCUT2D eigenvalue weighted by Crippen LogP contribution is -2.21. The maximum atomic E-state index is 4.60. The molecule has 2 N–H and O–H groups in total. The SMILES string of the molecule is CCCCN(C)c1nccc(NCCc2c[nH]c3ccccc23)n1. The number of anilines is 2.